The number of anilines is 1. The molecular weight excluding hydrogens is 286 g/mol. The zero-order valence-electron chi connectivity index (χ0n) is 10.8. The van der Waals surface area contributed by atoms with Gasteiger partial charge < -0.3 is 0 Å². The van der Waals surface area contributed by atoms with Crippen molar-refractivity contribution >= 4 is 27.3 Å². The fraction of sp³-hybridized carbons (Fsp3) is 0.250. The highest BCUT2D eigenvalue weighted by molar-refractivity contribution is 7.92. The zero-order valence-corrected chi connectivity index (χ0v) is 12.4. The maximum Gasteiger partial charge on any atom is 0.265 e. The number of halogens is 1. The van der Waals surface area contributed by atoms with Gasteiger partial charge in [-0.2, -0.15) is 5.10 Å². The highest BCUT2D eigenvalue weighted by Crippen LogP contribution is 2.27. The van der Waals surface area contributed by atoms with E-state index < -0.39 is 10.0 Å². The van der Waals surface area contributed by atoms with Gasteiger partial charge in [-0.05, 0) is 38.5 Å². The minimum absolute atomic E-state index is 0.157. The molecule has 1 aromatic carbocycles. The smallest absolute Gasteiger partial charge is 0.265 e. The Labute approximate surface area is 117 Å². The minimum Gasteiger partial charge on any atom is -0.281 e. The van der Waals surface area contributed by atoms with E-state index in [2.05, 4.69) is 14.9 Å². The number of nitrogens with zero attached hydrogens (tertiary/aromatic N) is 1. The maximum absolute atomic E-state index is 12.3. The van der Waals surface area contributed by atoms with Crippen molar-refractivity contribution in [2.75, 3.05) is 4.72 Å². The van der Waals surface area contributed by atoms with Crippen LogP contribution < -0.4 is 4.72 Å². The standard InChI is InChI=1S/C12H14ClN3O2S/c1-7-4-5-11(10(13)6-7)16-19(17,18)12-8(2)14-15-9(12)3/h4-6,16H,1-3H3,(H,14,15). The van der Waals surface area contributed by atoms with Crippen LogP contribution in [0.15, 0.2) is 23.1 Å². The topological polar surface area (TPSA) is 74.8 Å². The van der Waals surface area contributed by atoms with Crippen LogP contribution in [0.25, 0.3) is 0 Å². The lowest BCUT2D eigenvalue weighted by atomic mass is 10.2. The van der Waals surface area contributed by atoms with Gasteiger partial charge in [-0.3, -0.25) is 9.82 Å². The number of hydrogen-bond donors (Lipinski definition) is 2. The summed E-state index contributed by atoms with van der Waals surface area (Å²) < 4.78 is 27.1. The van der Waals surface area contributed by atoms with Crippen LogP contribution in [-0.4, -0.2) is 18.6 Å². The van der Waals surface area contributed by atoms with E-state index in [9.17, 15) is 8.42 Å². The zero-order chi connectivity index (χ0) is 14.2. The highest BCUT2D eigenvalue weighted by Gasteiger charge is 2.23. The van der Waals surface area contributed by atoms with E-state index in [0.29, 0.717) is 22.1 Å². The summed E-state index contributed by atoms with van der Waals surface area (Å²) >= 11 is 6.03. The third kappa shape index (κ3) is 2.74. The van der Waals surface area contributed by atoms with Crippen LogP contribution >= 0.6 is 11.6 Å². The highest BCUT2D eigenvalue weighted by atomic mass is 35.5. The monoisotopic (exact) mass is 299 g/mol. The normalized spacial score (nSPS) is 11.6. The third-order valence-electron chi connectivity index (χ3n) is 2.70. The largest absolute Gasteiger partial charge is 0.281 e. The molecule has 1 heterocycles. The summed E-state index contributed by atoms with van der Waals surface area (Å²) in [7, 11) is -3.69. The molecule has 7 heteroatoms. The molecule has 0 aliphatic rings. The summed E-state index contributed by atoms with van der Waals surface area (Å²) in [5.74, 6) is 0. The summed E-state index contributed by atoms with van der Waals surface area (Å²) in [6.45, 7) is 5.18. The molecule has 0 bridgehead atoms. The van der Waals surface area contributed by atoms with Gasteiger partial charge in [-0.15, -0.1) is 0 Å². The molecule has 0 unspecified atom stereocenters. The first kappa shape index (κ1) is 13.9. The fourth-order valence-corrected chi connectivity index (χ4v) is 3.63. The Morgan fingerprint density at radius 2 is 1.95 bits per heavy atom. The van der Waals surface area contributed by atoms with Gasteiger partial charge in [0.15, 0.2) is 0 Å². The molecule has 2 N–H and O–H groups in total. The van der Waals surface area contributed by atoms with E-state index in [1.165, 1.54) is 0 Å². The lowest BCUT2D eigenvalue weighted by Gasteiger charge is -2.10. The third-order valence-corrected chi connectivity index (χ3v) is 4.64. The van der Waals surface area contributed by atoms with Crippen molar-refractivity contribution in [2.24, 2.45) is 0 Å². The molecule has 0 amide bonds. The fourth-order valence-electron chi connectivity index (χ4n) is 1.84. The molecule has 102 valence electrons. The second-order valence-electron chi connectivity index (χ2n) is 4.35. The van der Waals surface area contributed by atoms with Crippen LogP contribution in [-0.2, 0) is 10.0 Å². The number of nitrogens with one attached hydrogen (secondary N) is 2. The van der Waals surface area contributed by atoms with Gasteiger partial charge in [0.25, 0.3) is 10.0 Å². The summed E-state index contributed by atoms with van der Waals surface area (Å²) in [4.78, 5) is 0.157. The number of sulfonamides is 1. The van der Waals surface area contributed by atoms with E-state index >= 15 is 0 Å². The Balaban J connectivity index is 2.42. The molecule has 1 aromatic heterocycles. The van der Waals surface area contributed by atoms with Gasteiger partial charge in [-0.25, -0.2) is 8.42 Å². The predicted molar refractivity (Wildman–Crippen MR) is 75.1 cm³/mol. The lowest BCUT2D eigenvalue weighted by Crippen LogP contribution is -2.14. The number of rotatable bonds is 3. The molecule has 5 nitrogen and oxygen atoms in total. The second kappa shape index (κ2) is 4.86. The molecule has 0 saturated carbocycles. The SMILES string of the molecule is Cc1ccc(NS(=O)(=O)c2c(C)n[nH]c2C)c(Cl)c1. The van der Waals surface area contributed by atoms with E-state index in [1.54, 1.807) is 32.0 Å². The van der Waals surface area contributed by atoms with Crippen LogP contribution in [0, 0.1) is 20.8 Å². The number of hydrogen-bond acceptors (Lipinski definition) is 3. The van der Waals surface area contributed by atoms with E-state index in [0.717, 1.165) is 5.56 Å². The Kier molecular flexibility index (Phi) is 3.56. The number of aryl methyl sites for hydroxylation is 3. The van der Waals surface area contributed by atoms with Gasteiger partial charge in [0.05, 0.1) is 22.1 Å². The Morgan fingerprint density at radius 1 is 1.26 bits per heavy atom. The number of benzene rings is 1. The molecule has 0 atom stereocenters. The van der Waals surface area contributed by atoms with Gasteiger partial charge in [0.1, 0.15) is 4.90 Å². The summed E-state index contributed by atoms with van der Waals surface area (Å²) in [6, 6.07) is 5.13. The Morgan fingerprint density at radius 3 is 2.47 bits per heavy atom. The Bertz CT molecular complexity index is 703. The summed E-state index contributed by atoms with van der Waals surface area (Å²) in [5, 5.41) is 6.90. The summed E-state index contributed by atoms with van der Waals surface area (Å²) in [5.41, 5.74) is 2.23. The average molecular weight is 300 g/mol. The van der Waals surface area contributed by atoms with Gasteiger partial charge >= 0.3 is 0 Å². The first-order valence-corrected chi connectivity index (χ1v) is 7.48. The van der Waals surface area contributed by atoms with E-state index in [1.807, 2.05) is 6.92 Å². The molecule has 0 aliphatic heterocycles. The van der Waals surface area contributed by atoms with Gasteiger partial charge in [0.2, 0.25) is 0 Å². The molecular formula is C12H14ClN3O2S. The maximum atomic E-state index is 12.3. The predicted octanol–water partition coefficient (Wildman–Crippen LogP) is 2.79. The van der Waals surface area contributed by atoms with Crippen LogP contribution in [0.1, 0.15) is 17.0 Å². The molecule has 2 aromatic rings. The average Bonchev–Trinajstić information content (AvgIpc) is 2.63. The van der Waals surface area contributed by atoms with Crippen molar-refractivity contribution in [3.8, 4) is 0 Å². The van der Waals surface area contributed by atoms with Gasteiger partial charge in [0, 0.05) is 0 Å². The van der Waals surface area contributed by atoms with Crippen LogP contribution in [0.4, 0.5) is 5.69 Å². The van der Waals surface area contributed by atoms with Crippen molar-refractivity contribution in [3.05, 3.63) is 40.2 Å². The molecule has 0 spiro atoms. The molecule has 2 rings (SSSR count). The molecule has 19 heavy (non-hydrogen) atoms. The number of aromatic nitrogens is 2. The van der Waals surface area contributed by atoms with E-state index in [4.69, 9.17) is 11.6 Å². The minimum atomic E-state index is -3.69. The number of aromatic amines is 1. The summed E-state index contributed by atoms with van der Waals surface area (Å²) in [6.07, 6.45) is 0. The van der Waals surface area contributed by atoms with Crippen molar-refractivity contribution in [2.45, 2.75) is 25.7 Å². The lowest BCUT2D eigenvalue weighted by molar-refractivity contribution is 0.600. The Hall–Kier alpha value is -1.53. The molecule has 0 saturated heterocycles. The van der Waals surface area contributed by atoms with Gasteiger partial charge in [-0.1, -0.05) is 17.7 Å². The number of H-pyrrole nitrogens is 1. The molecule has 0 fully saturated rings. The van der Waals surface area contributed by atoms with Crippen LogP contribution in [0.3, 0.4) is 0 Å². The first-order chi connectivity index (χ1) is 8.81. The first-order valence-electron chi connectivity index (χ1n) is 5.62. The van der Waals surface area contributed by atoms with Crippen molar-refractivity contribution < 1.29 is 8.42 Å². The van der Waals surface area contributed by atoms with Crippen LogP contribution in [0.5, 0.6) is 0 Å². The molecule has 0 aliphatic carbocycles. The van der Waals surface area contributed by atoms with Crippen molar-refractivity contribution in [1.29, 1.82) is 0 Å². The quantitative estimate of drug-likeness (QED) is 0.915. The van der Waals surface area contributed by atoms with E-state index in [-0.39, 0.29) is 4.90 Å². The van der Waals surface area contributed by atoms with Crippen LogP contribution in [0.2, 0.25) is 5.02 Å². The van der Waals surface area contributed by atoms with Crippen molar-refractivity contribution in [3.63, 3.8) is 0 Å². The molecule has 0 radical (unpaired) electrons. The second-order valence-corrected chi connectivity index (χ2v) is 6.38. The van der Waals surface area contributed by atoms with Crippen molar-refractivity contribution in [1.82, 2.24) is 10.2 Å².